The average Bonchev–Trinajstić information content (AvgIpc) is 2.89. The molecule has 1 aliphatic heterocycles. The van der Waals surface area contributed by atoms with Crippen molar-refractivity contribution >= 4 is 8.32 Å². The second-order valence-corrected chi connectivity index (χ2v) is 13.5. The molecule has 1 heterocycles. The number of aliphatic hydroxyl groups is 2. The van der Waals surface area contributed by atoms with Gasteiger partial charge in [-0.1, -0.05) is 26.8 Å². The molecule has 0 fully saturated rings. The second-order valence-electron chi connectivity index (χ2n) is 8.71. The van der Waals surface area contributed by atoms with E-state index in [1.165, 1.54) is 0 Å². The van der Waals surface area contributed by atoms with Crippen molar-refractivity contribution in [3.05, 3.63) is 29.3 Å². The van der Waals surface area contributed by atoms with Crippen molar-refractivity contribution in [2.45, 2.75) is 77.0 Å². The second kappa shape index (κ2) is 6.45. The van der Waals surface area contributed by atoms with E-state index in [0.717, 1.165) is 16.9 Å². The molecule has 0 radical (unpaired) electrons. The molecule has 0 bridgehead atoms. The number of hydrogen-bond donors (Lipinski definition) is 2. The first-order chi connectivity index (χ1) is 10.9. The van der Waals surface area contributed by atoms with Crippen molar-refractivity contribution in [2.24, 2.45) is 0 Å². The number of ether oxygens (including phenoxy) is 1. The molecule has 136 valence electrons. The summed E-state index contributed by atoms with van der Waals surface area (Å²) in [5.74, 6) is 0.789. The summed E-state index contributed by atoms with van der Waals surface area (Å²) < 4.78 is 12.3. The van der Waals surface area contributed by atoms with Gasteiger partial charge in [0.25, 0.3) is 0 Å². The lowest BCUT2D eigenvalue weighted by atomic mass is 9.95. The van der Waals surface area contributed by atoms with E-state index in [1.54, 1.807) is 6.92 Å². The summed E-state index contributed by atoms with van der Waals surface area (Å²) in [5, 5.41) is 19.7. The van der Waals surface area contributed by atoms with Gasteiger partial charge in [0.15, 0.2) is 8.32 Å². The maximum Gasteiger partial charge on any atom is 0.192 e. The van der Waals surface area contributed by atoms with E-state index >= 15 is 0 Å². The molecule has 1 aliphatic rings. The average molecular weight is 353 g/mol. The van der Waals surface area contributed by atoms with Gasteiger partial charge < -0.3 is 19.4 Å². The minimum absolute atomic E-state index is 0.0218. The van der Waals surface area contributed by atoms with Gasteiger partial charge in [-0.25, -0.2) is 0 Å². The van der Waals surface area contributed by atoms with Gasteiger partial charge in [-0.2, -0.15) is 0 Å². The van der Waals surface area contributed by atoms with Gasteiger partial charge in [-0.3, -0.25) is 0 Å². The summed E-state index contributed by atoms with van der Waals surface area (Å²) >= 11 is 0. The Hall–Kier alpha value is -0.883. The highest BCUT2D eigenvalue weighted by molar-refractivity contribution is 6.74. The Labute approximate surface area is 146 Å². The normalized spacial score (nSPS) is 21.8. The number of fused-ring (bicyclic) bond motifs is 1. The van der Waals surface area contributed by atoms with Gasteiger partial charge in [-0.15, -0.1) is 0 Å². The highest BCUT2D eigenvalue weighted by Crippen LogP contribution is 2.41. The lowest BCUT2D eigenvalue weighted by Crippen LogP contribution is -2.45. The summed E-state index contributed by atoms with van der Waals surface area (Å²) in [6, 6.07) is 6.09. The quantitative estimate of drug-likeness (QED) is 0.791. The molecule has 5 heteroatoms. The first-order valence-electron chi connectivity index (χ1n) is 8.68. The van der Waals surface area contributed by atoms with Crippen LogP contribution in [0.1, 0.15) is 51.8 Å². The standard InChI is InChI=1S/C19H32O4Si/c1-13(23-24(6,7)18(2,3)4)14-8-9-16-15(10-14)11-17(22-16)19(5,21)12-20/h8-10,13,17,20-21H,11-12H2,1-7H3/t13?,17-,19+/m1/s1. The predicted molar refractivity (Wildman–Crippen MR) is 99.0 cm³/mol. The van der Waals surface area contributed by atoms with E-state index in [4.69, 9.17) is 9.16 Å². The van der Waals surface area contributed by atoms with Crippen LogP contribution >= 0.6 is 0 Å². The smallest absolute Gasteiger partial charge is 0.192 e. The van der Waals surface area contributed by atoms with E-state index < -0.39 is 20.0 Å². The molecule has 0 amide bonds. The fourth-order valence-corrected chi connectivity index (χ4v) is 4.03. The molecule has 0 aromatic heterocycles. The molecular formula is C19H32O4Si. The Balaban J connectivity index is 2.15. The highest BCUT2D eigenvalue weighted by atomic mass is 28.4. The van der Waals surface area contributed by atoms with E-state index in [-0.39, 0.29) is 17.7 Å². The van der Waals surface area contributed by atoms with Crippen LogP contribution in [0.5, 0.6) is 5.75 Å². The van der Waals surface area contributed by atoms with Crippen molar-refractivity contribution in [3.8, 4) is 5.75 Å². The van der Waals surface area contributed by atoms with E-state index in [1.807, 2.05) is 12.1 Å². The van der Waals surface area contributed by atoms with Crippen molar-refractivity contribution < 1.29 is 19.4 Å². The molecule has 0 saturated carbocycles. The summed E-state index contributed by atoms with van der Waals surface area (Å²) in [4.78, 5) is 0. The van der Waals surface area contributed by atoms with Crippen molar-refractivity contribution in [1.29, 1.82) is 0 Å². The third-order valence-electron chi connectivity index (χ3n) is 5.52. The summed E-state index contributed by atoms with van der Waals surface area (Å²) in [7, 11) is -1.83. The molecule has 0 aliphatic carbocycles. The van der Waals surface area contributed by atoms with Crippen molar-refractivity contribution in [1.82, 2.24) is 0 Å². The molecule has 1 aromatic rings. The minimum Gasteiger partial charge on any atom is -0.487 e. The zero-order valence-electron chi connectivity index (χ0n) is 16.0. The molecule has 1 unspecified atom stereocenters. The van der Waals surface area contributed by atoms with Crippen LogP contribution in [-0.2, 0) is 10.8 Å². The van der Waals surface area contributed by atoms with Gasteiger partial charge in [0.1, 0.15) is 17.5 Å². The molecule has 2 rings (SSSR count). The Morgan fingerprint density at radius 1 is 1.29 bits per heavy atom. The lowest BCUT2D eigenvalue weighted by molar-refractivity contribution is -0.0729. The highest BCUT2D eigenvalue weighted by Gasteiger charge is 2.40. The van der Waals surface area contributed by atoms with Gasteiger partial charge >= 0.3 is 0 Å². The number of aliphatic hydroxyl groups excluding tert-OH is 1. The molecule has 0 spiro atoms. The Bertz CT molecular complexity index is 590. The maximum atomic E-state index is 10.2. The summed E-state index contributed by atoms with van der Waals surface area (Å²) in [5.41, 5.74) is 0.964. The first kappa shape index (κ1) is 19.4. The van der Waals surface area contributed by atoms with Gasteiger partial charge in [-0.05, 0) is 55.2 Å². The zero-order chi connectivity index (χ0) is 18.3. The van der Waals surface area contributed by atoms with Crippen LogP contribution in [0.25, 0.3) is 0 Å². The van der Waals surface area contributed by atoms with Crippen LogP contribution in [0, 0.1) is 0 Å². The third-order valence-corrected chi connectivity index (χ3v) is 10.1. The molecular weight excluding hydrogens is 320 g/mol. The Kier molecular flexibility index (Phi) is 5.22. The topological polar surface area (TPSA) is 58.9 Å². The van der Waals surface area contributed by atoms with E-state index in [0.29, 0.717) is 6.42 Å². The molecule has 24 heavy (non-hydrogen) atoms. The van der Waals surface area contributed by atoms with Crippen LogP contribution in [0.15, 0.2) is 18.2 Å². The van der Waals surface area contributed by atoms with Gasteiger partial charge in [0.05, 0.1) is 12.7 Å². The summed E-state index contributed by atoms with van der Waals surface area (Å²) in [6.07, 6.45) is 0.210. The van der Waals surface area contributed by atoms with Gasteiger partial charge in [0, 0.05) is 6.42 Å². The van der Waals surface area contributed by atoms with E-state index in [2.05, 4.69) is 46.9 Å². The predicted octanol–water partition coefficient (Wildman–Crippen LogP) is 3.82. The van der Waals surface area contributed by atoms with Crippen LogP contribution < -0.4 is 4.74 Å². The molecule has 4 nitrogen and oxygen atoms in total. The monoisotopic (exact) mass is 352 g/mol. The largest absolute Gasteiger partial charge is 0.487 e. The maximum absolute atomic E-state index is 10.2. The Morgan fingerprint density at radius 3 is 2.46 bits per heavy atom. The van der Waals surface area contributed by atoms with E-state index in [9.17, 15) is 10.2 Å². The first-order valence-corrected chi connectivity index (χ1v) is 11.6. The molecule has 3 atom stereocenters. The third kappa shape index (κ3) is 3.85. The van der Waals surface area contributed by atoms with Crippen LogP contribution in [0.3, 0.4) is 0 Å². The fraction of sp³-hybridized carbons (Fsp3) is 0.684. The van der Waals surface area contributed by atoms with Crippen LogP contribution in [-0.4, -0.2) is 36.8 Å². The SMILES string of the molecule is CC(O[Si](C)(C)C(C)(C)C)c1ccc2c(c1)C[C@H]([C@@](C)(O)CO)O2. The molecule has 1 aromatic carbocycles. The Morgan fingerprint density at radius 2 is 1.92 bits per heavy atom. The number of hydrogen-bond acceptors (Lipinski definition) is 4. The van der Waals surface area contributed by atoms with Crippen molar-refractivity contribution in [3.63, 3.8) is 0 Å². The zero-order valence-corrected chi connectivity index (χ0v) is 17.0. The van der Waals surface area contributed by atoms with Crippen LogP contribution in [0.4, 0.5) is 0 Å². The fourth-order valence-electron chi connectivity index (χ4n) is 2.66. The van der Waals surface area contributed by atoms with Crippen LogP contribution in [0.2, 0.25) is 18.1 Å². The van der Waals surface area contributed by atoms with Crippen molar-refractivity contribution in [2.75, 3.05) is 6.61 Å². The minimum atomic E-state index is -1.83. The summed E-state index contributed by atoms with van der Waals surface area (Å²) in [6.45, 7) is 14.6. The lowest BCUT2D eigenvalue weighted by Gasteiger charge is -2.38. The molecule has 0 saturated heterocycles. The van der Waals surface area contributed by atoms with Gasteiger partial charge in [0.2, 0.25) is 0 Å². The molecule has 2 N–H and O–H groups in total. The number of benzene rings is 1. The number of rotatable bonds is 5.